The van der Waals surface area contributed by atoms with Gasteiger partial charge in [0.1, 0.15) is 11.5 Å². The van der Waals surface area contributed by atoms with E-state index in [4.69, 9.17) is 9.47 Å². The highest BCUT2D eigenvalue weighted by Crippen LogP contribution is 2.33. The molecule has 0 aliphatic carbocycles. The van der Waals surface area contributed by atoms with Gasteiger partial charge in [0.05, 0.1) is 25.8 Å². The van der Waals surface area contributed by atoms with Crippen LogP contribution in [-0.2, 0) is 4.79 Å². The van der Waals surface area contributed by atoms with Crippen LogP contribution in [0.15, 0.2) is 18.2 Å². The average molecular weight is 309 g/mol. The van der Waals surface area contributed by atoms with E-state index in [1.807, 2.05) is 18.2 Å². The van der Waals surface area contributed by atoms with Gasteiger partial charge in [0.2, 0.25) is 0 Å². The Morgan fingerprint density at radius 3 is 2.41 bits per heavy atom. The second kappa shape index (κ2) is 8.51. The molecule has 0 aliphatic heterocycles. The van der Waals surface area contributed by atoms with Gasteiger partial charge in [0, 0.05) is 19.2 Å². The zero-order chi connectivity index (χ0) is 16.7. The molecule has 0 aliphatic rings. The maximum absolute atomic E-state index is 11.2. The third-order valence-corrected chi connectivity index (χ3v) is 3.62. The van der Waals surface area contributed by atoms with Gasteiger partial charge in [-0.1, -0.05) is 20.8 Å². The van der Waals surface area contributed by atoms with Crippen molar-refractivity contribution in [2.45, 2.75) is 27.2 Å². The monoisotopic (exact) mass is 309 g/mol. The zero-order valence-corrected chi connectivity index (χ0v) is 14.1. The molecule has 0 heterocycles. The number of methoxy groups -OCH3 is 2. The summed E-state index contributed by atoms with van der Waals surface area (Å²) in [6.07, 6.45) is 0.988. The fourth-order valence-corrected chi connectivity index (χ4v) is 2.18. The van der Waals surface area contributed by atoms with E-state index in [1.165, 1.54) is 0 Å². The van der Waals surface area contributed by atoms with E-state index in [1.54, 1.807) is 21.1 Å². The summed E-state index contributed by atoms with van der Waals surface area (Å²) < 4.78 is 10.7. The largest absolute Gasteiger partial charge is 0.497 e. The van der Waals surface area contributed by atoms with Crippen molar-refractivity contribution in [1.29, 1.82) is 0 Å². The van der Waals surface area contributed by atoms with E-state index in [2.05, 4.69) is 18.7 Å². The Morgan fingerprint density at radius 1 is 1.23 bits per heavy atom. The Labute approximate surface area is 132 Å². The highest BCUT2D eigenvalue weighted by Gasteiger charge is 2.19. The molecule has 1 rings (SSSR count). The van der Waals surface area contributed by atoms with Crippen LogP contribution in [0.1, 0.15) is 27.2 Å². The van der Waals surface area contributed by atoms with Gasteiger partial charge in [-0.15, -0.1) is 0 Å². The average Bonchev–Trinajstić information content (AvgIpc) is 2.50. The Hall–Kier alpha value is -1.91. The first kappa shape index (κ1) is 18.1. The zero-order valence-electron chi connectivity index (χ0n) is 14.1. The van der Waals surface area contributed by atoms with Crippen molar-refractivity contribution in [1.82, 2.24) is 0 Å². The summed E-state index contributed by atoms with van der Waals surface area (Å²) in [6.45, 7) is 7.28. The van der Waals surface area contributed by atoms with Gasteiger partial charge in [-0.3, -0.25) is 4.79 Å². The standard InChI is InChI=1S/C17H27NO4/c1-12(2)8-9-18(11-13(3)17(19)20)15-7-6-14(21-4)10-16(15)22-5/h6-7,10,12-13H,8-9,11H2,1-5H3,(H,19,20). The SMILES string of the molecule is COc1ccc(N(CCC(C)C)CC(C)C(=O)O)c(OC)c1. The molecular formula is C17H27NO4. The van der Waals surface area contributed by atoms with E-state index in [0.29, 0.717) is 18.2 Å². The lowest BCUT2D eigenvalue weighted by Gasteiger charge is -2.29. The summed E-state index contributed by atoms with van der Waals surface area (Å²) in [7, 11) is 3.22. The fraction of sp³-hybridized carbons (Fsp3) is 0.588. The molecule has 1 atom stereocenters. The summed E-state index contributed by atoms with van der Waals surface area (Å²) in [5.41, 5.74) is 0.900. The van der Waals surface area contributed by atoms with Crippen molar-refractivity contribution < 1.29 is 19.4 Å². The number of benzene rings is 1. The molecule has 5 heteroatoms. The molecular weight excluding hydrogens is 282 g/mol. The first-order chi connectivity index (χ1) is 10.4. The number of rotatable bonds is 9. The van der Waals surface area contributed by atoms with Crippen molar-refractivity contribution in [2.75, 3.05) is 32.2 Å². The van der Waals surface area contributed by atoms with Crippen LogP contribution in [-0.4, -0.2) is 38.4 Å². The number of carboxylic acids is 1. The summed E-state index contributed by atoms with van der Waals surface area (Å²) in [5, 5.41) is 9.19. The van der Waals surface area contributed by atoms with Crippen LogP contribution in [0.4, 0.5) is 5.69 Å². The van der Waals surface area contributed by atoms with Gasteiger partial charge in [-0.25, -0.2) is 0 Å². The van der Waals surface area contributed by atoms with Crippen molar-refractivity contribution in [3.8, 4) is 11.5 Å². The van der Waals surface area contributed by atoms with Gasteiger partial charge >= 0.3 is 5.97 Å². The van der Waals surface area contributed by atoms with Crippen molar-refractivity contribution >= 4 is 11.7 Å². The van der Waals surface area contributed by atoms with Crippen LogP contribution in [0.2, 0.25) is 0 Å². The Kier molecular flexibility index (Phi) is 7.02. The minimum atomic E-state index is -0.790. The van der Waals surface area contributed by atoms with E-state index >= 15 is 0 Å². The van der Waals surface area contributed by atoms with Crippen molar-refractivity contribution in [3.63, 3.8) is 0 Å². The van der Waals surface area contributed by atoms with Crippen LogP contribution in [0.5, 0.6) is 11.5 Å². The summed E-state index contributed by atoms with van der Waals surface area (Å²) >= 11 is 0. The lowest BCUT2D eigenvalue weighted by molar-refractivity contribution is -0.140. The minimum Gasteiger partial charge on any atom is -0.497 e. The first-order valence-electron chi connectivity index (χ1n) is 7.58. The number of hydrogen-bond acceptors (Lipinski definition) is 4. The third kappa shape index (κ3) is 5.13. The number of hydrogen-bond donors (Lipinski definition) is 1. The molecule has 1 N–H and O–H groups in total. The Bertz CT molecular complexity index is 488. The maximum atomic E-state index is 11.2. The number of anilines is 1. The van der Waals surface area contributed by atoms with Gasteiger partial charge in [-0.2, -0.15) is 0 Å². The molecule has 22 heavy (non-hydrogen) atoms. The topological polar surface area (TPSA) is 59.0 Å². The molecule has 0 fully saturated rings. The second-order valence-corrected chi connectivity index (χ2v) is 5.91. The second-order valence-electron chi connectivity index (χ2n) is 5.91. The van der Waals surface area contributed by atoms with Crippen LogP contribution in [0, 0.1) is 11.8 Å². The lowest BCUT2D eigenvalue weighted by atomic mass is 10.1. The smallest absolute Gasteiger partial charge is 0.308 e. The van der Waals surface area contributed by atoms with Gasteiger partial charge < -0.3 is 19.5 Å². The van der Waals surface area contributed by atoms with Crippen LogP contribution in [0.25, 0.3) is 0 Å². The molecule has 0 saturated heterocycles. The molecule has 0 spiro atoms. The van der Waals surface area contributed by atoms with Gasteiger partial charge in [0.15, 0.2) is 0 Å². The molecule has 0 radical (unpaired) electrons. The summed E-state index contributed by atoms with van der Waals surface area (Å²) in [6, 6.07) is 5.61. The van der Waals surface area contributed by atoms with Gasteiger partial charge in [0.25, 0.3) is 0 Å². The fourth-order valence-electron chi connectivity index (χ4n) is 2.18. The predicted octanol–water partition coefficient (Wildman–Crippen LogP) is 3.28. The maximum Gasteiger partial charge on any atom is 0.308 e. The molecule has 1 aromatic rings. The molecule has 0 saturated carbocycles. The van der Waals surface area contributed by atoms with Gasteiger partial charge in [-0.05, 0) is 24.5 Å². The highest BCUT2D eigenvalue weighted by atomic mass is 16.5. The Balaban J connectivity index is 3.05. The number of aliphatic carboxylic acids is 1. The van der Waals surface area contributed by atoms with E-state index in [-0.39, 0.29) is 0 Å². The third-order valence-electron chi connectivity index (χ3n) is 3.62. The molecule has 1 unspecified atom stereocenters. The van der Waals surface area contributed by atoms with Crippen molar-refractivity contribution in [3.05, 3.63) is 18.2 Å². The lowest BCUT2D eigenvalue weighted by Crippen LogP contribution is -2.33. The van der Waals surface area contributed by atoms with E-state index in [0.717, 1.165) is 24.4 Å². The molecule has 0 amide bonds. The number of carboxylic acid groups (broad SMARTS) is 1. The van der Waals surface area contributed by atoms with E-state index in [9.17, 15) is 9.90 Å². The molecule has 5 nitrogen and oxygen atoms in total. The Morgan fingerprint density at radius 2 is 1.91 bits per heavy atom. The van der Waals surface area contributed by atoms with Crippen molar-refractivity contribution in [2.24, 2.45) is 11.8 Å². The normalized spacial score (nSPS) is 12.1. The first-order valence-corrected chi connectivity index (χ1v) is 7.58. The van der Waals surface area contributed by atoms with Crippen LogP contribution < -0.4 is 14.4 Å². The van der Waals surface area contributed by atoms with Crippen LogP contribution in [0.3, 0.4) is 0 Å². The number of ether oxygens (including phenoxy) is 2. The predicted molar refractivity (Wildman–Crippen MR) is 88.0 cm³/mol. The summed E-state index contributed by atoms with van der Waals surface area (Å²) in [5.74, 6) is 0.726. The quantitative estimate of drug-likeness (QED) is 0.758. The molecule has 1 aromatic carbocycles. The summed E-state index contributed by atoms with van der Waals surface area (Å²) in [4.78, 5) is 13.3. The minimum absolute atomic E-state index is 0.445. The highest BCUT2D eigenvalue weighted by molar-refractivity contribution is 5.71. The molecule has 0 aromatic heterocycles. The van der Waals surface area contributed by atoms with E-state index < -0.39 is 11.9 Å². The number of carbonyl (C=O) groups is 1. The molecule has 124 valence electrons. The van der Waals surface area contributed by atoms with Crippen LogP contribution >= 0.6 is 0 Å². The molecule has 0 bridgehead atoms. The number of nitrogens with zero attached hydrogens (tertiary/aromatic N) is 1.